The van der Waals surface area contributed by atoms with Gasteiger partial charge in [0.05, 0.1) is 0 Å². The van der Waals surface area contributed by atoms with Gasteiger partial charge in [0.1, 0.15) is 0 Å². The molecule has 0 fully saturated rings. The third-order valence-electron chi connectivity index (χ3n) is 3.73. The Morgan fingerprint density at radius 3 is 2.50 bits per heavy atom. The van der Waals surface area contributed by atoms with Crippen LogP contribution < -0.4 is 20.9 Å². The first-order valence-corrected chi connectivity index (χ1v) is 6.31. The van der Waals surface area contributed by atoms with E-state index in [4.69, 9.17) is 20.9 Å². The van der Waals surface area contributed by atoms with Gasteiger partial charge in [0, 0.05) is 6.04 Å². The van der Waals surface area contributed by atoms with E-state index in [0.29, 0.717) is 13.3 Å². The van der Waals surface area contributed by atoms with Gasteiger partial charge in [-0.15, -0.1) is 0 Å². The third-order valence-corrected chi connectivity index (χ3v) is 3.73. The van der Waals surface area contributed by atoms with Gasteiger partial charge in [-0.25, -0.2) is 0 Å². The van der Waals surface area contributed by atoms with Crippen molar-refractivity contribution in [2.75, 3.05) is 13.3 Å². The summed E-state index contributed by atoms with van der Waals surface area (Å²) in [6.45, 7) is 7.28. The number of rotatable bonds is 4. The minimum absolute atomic E-state index is 0.0345. The minimum atomic E-state index is -0.0597. The molecular formula is C14H22N2O2. The Kier molecular flexibility index (Phi) is 3.50. The van der Waals surface area contributed by atoms with E-state index >= 15 is 0 Å². The van der Waals surface area contributed by atoms with Gasteiger partial charge in [-0.05, 0) is 48.6 Å². The van der Waals surface area contributed by atoms with Crippen LogP contribution in [0.3, 0.4) is 0 Å². The summed E-state index contributed by atoms with van der Waals surface area (Å²) in [6.07, 6.45) is 0.891. The van der Waals surface area contributed by atoms with Crippen LogP contribution in [-0.2, 0) is 0 Å². The van der Waals surface area contributed by atoms with Crippen LogP contribution in [0.2, 0.25) is 0 Å². The van der Waals surface area contributed by atoms with Gasteiger partial charge in [0.25, 0.3) is 0 Å². The number of benzene rings is 1. The van der Waals surface area contributed by atoms with Crippen molar-refractivity contribution in [1.29, 1.82) is 0 Å². The Hall–Kier alpha value is -1.26. The first kappa shape index (κ1) is 13.2. The fourth-order valence-corrected chi connectivity index (χ4v) is 2.34. The monoisotopic (exact) mass is 250 g/mol. The van der Waals surface area contributed by atoms with E-state index in [1.165, 1.54) is 0 Å². The molecule has 0 radical (unpaired) electrons. The Bertz CT molecular complexity index is 444. The summed E-state index contributed by atoms with van der Waals surface area (Å²) >= 11 is 0. The molecule has 0 saturated heterocycles. The fraction of sp³-hybridized carbons (Fsp3) is 0.571. The third kappa shape index (κ3) is 2.31. The van der Waals surface area contributed by atoms with Crippen LogP contribution in [0.15, 0.2) is 12.1 Å². The first-order chi connectivity index (χ1) is 8.45. The first-order valence-electron chi connectivity index (χ1n) is 6.31. The van der Waals surface area contributed by atoms with E-state index in [1.54, 1.807) is 0 Å². The molecular weight excluding hydrogens is 228 g/mol. The molecule has 1 atom stereocenters. The quantitative estimate of drug-likeness (QED) is 0.858. The Labute approximate surface area is 108 Å². The van der Waals surface area contributed by atoms with Crippen LogP contribution in [0.25, 0.3) is 0 Å². The molecule has 0 aliphatic carbocycles. The molecule has 4 heteroatoms. The summed E-state index contributed by atoms with van der Waals surface area (Å²) in [5.74, 6) is 1.59. The zero-order valence-electron chi connectivity index (χ0n) is 11.3. The van der Waals surface area contributed by atoms with Gasteiger partial charge >= 0.3 is 0 Å². The number of hydrogen-bond donors (Lipinski definition) is 2. The smallest absolute Gasteiger partial charge is 0.231 e. The SMILES string of the molecule is Cc1cc2c(cc1C(N)C(C)(C)CCN)OCO2. The molecule has 1 aromatic rings. The topological polar surface area (TPSA) is 70.5 Å². The molecule has 0 aromatic heterocycles. The Morgan fingerprint density at radius 1 is 1.28 bits per heavy atom. The maximum absolute atomic E-state index is 6.40. The normalized spacial score (nSPS) is 15.8. The van der Waals surface area contributed by atoms with Gasteiger partial charge in [-0.1, -0.05) is 13.8 Å². The summed E-state index contributed by atoms with van der Waals surface area (Å²) in [4.78, 5) is 0. The maximum atomic E-state index is 6.40. The lowest BCUT2D eigenvalue weighted by molar-refractivity contribution is 0.174. The molecule has 1 aromatic carbocycles. The summed E-state index contributed by atoms with van der Waals surface area (Å²) in [7, 11) is 0. The largest absolute Gasteiger partial charge is 0.454 e. The molecule has 0 spiro atoms. The molecule has 0 bridgehead atoms. The molecule has 1 heterocycles. The molecule has 4 N–H and O–H groups in total. The van der Waals surface area contributed by atoms with E-state index in [2.05, 4.69) is 20.8 Å². The lowest BCUT2D eigenvalue weighted by Crippen LogP contribution is -2.31. The average molecular weight is 250 g/mol. The number of nitrogens with two attached hydrogens (primary N) is 2. The highest BCUT2D eigenvalue weighted by molar-refractivity contribution is 5.49. The number of ether oxygens (including phenoxy) is 2. The highest BCUT2D eigenvalue weighted by Gasteiger charge is 2.29. The highest BCUT2D eigenvalue weighted by Crippen LogP contribution is 2.41. The fourth-order valence-electron chi connectivity index (χ4n) is 2.34. The van der Waals surface area contributed by atoms with E-state index in [1.807, 2.05) is 12.1 Å². The van der Waals surface area contributed by atoms with Crippen LogP contribution in [0.5, 0.6) is 11.5 Å². The van der Waals surface area contributed by atoms with Crippen LogP contribution >= 0.6 is 0 Å². The molecule has 1 unspecified atom stereocenters. The van der Waals surface area contributed by atoms with Crippen molar-refractivity contribution in [1.82, 2.24) is 0 Å². The summed E-state index contributed by atoms with van der Waals surface area (Å²) in [5.41, 5.74) is 14.3. The lowest BCUT2D eigenvalue weighted by Gasteiger charge is -2.32. The van der Waals surface area contributed by atoms with Crippen LogP contribution in [0.1, 0.15) is 37.4 Å². The van der Waals surface area contributed by atoms with Crippen LogP contribution in [0, 0.1) is 12.3 Å². The van der Waals surface area contributed by atoms with Crippen molar-refractivity contribution in [3.05, 3.63) is 23.3 Å². The zero-order valence-corrected chi connectivity index (χ0v) is 11.3. The Balaban J connectivity index is 2.33. The summed E-state index contributed by atoms with van der Waals surface area (Å²) in [5, 5.41) is 0. The minimum Gasteiger partial charge on any atom is -0.454 e. The molecule has 4 nitrogen and oxygen atoms in total. The molecule has 1 aliphatic heterocycles. The predicted octanol–water partition coefficient (Wildman–Crippen LogP) is 2.10. The predicted molar refractivity (Wildman–Crippen MR) is 71.7 cm³/mol. The van der Waals surface area contributed by atoms with Crippen molar-refractivity contribution in [3.63, 3.8) is 0 Å². The molecule has 0 saturated carbocycles. The zero-order chi connectivity index (χ0) is 13.3. The number of hydrogen-bond acceptors (Lipinski definition) is 4. The van der Waals surface area contributed by atoms with E-state index in [9.17, 15) is 0 Å². The van der Waals surface area contributed by atoms with Crippen molar-refractivity contribution >= 4 is 0 Å². The summed E-state index contributed by atoms with van der Waals surface area (Å²) < 4.78 is 10.8. The number of fused-ring (bicyclic) bond motifs is 1. The Morgan fingerprint density at radius 2 is 1.89 bits per heavy atom. The standard InChI is InChI=1S/C14H22N2O2/c1-9-6-11-12(18-8-17-11)7-10(9)13(16)14(2,3)4-5-15/h6-7,13H,4-5,8,15-16H2,1-3H3. The maximum Gasteiger partial charge on any atom is 0.231 e. The average Bonchev–Trinajstić information content (AvgIpc) is 2.73. The molecule has 100 valence electrons. The summed E-state index contributed by atoms with van der Waals surface area (Å²) in [6, 6.07) is 3.94. The van der Waals surface area contributed by atoms with Crippen molar-refractivity contribution in [2.45, 2.75) is 33.2 Å². The second kappa shape index (κ2) is 4.78. The van der Waals surface area contributed by atoms with Gasteiger partial charge in [0.15, 0.2) is 11.5 Å². The van der Waals surface area contributed by atoms with Gasteiger partial charge < -0.3 is 20.9 Å². The lowest BCUT2D eigenvalue weighted by atomic mass is 9.77. The van der Waals surface area contributed by atoms with E-state index in [0.717, 1.165) is 29.0 Å². The van der Waals surface area contributed by atoms with Crippen molar-refractivity contribution in [2.24, 2.45) is 16.9 Å². The van der Waals surface area contributed by atoms with Crippen molar-refractivity contribution in [3.8, 4) is 11.5 Å². The van der Waals surface area contributed by atoms with Crippen molar-refractivity contribution < 1.29 is 9.47 Å². The van der Waals surface area contributed by atoms with Gasteiger partial charge in [-0.2, -0.15) is 0 Å². The molecule has 1 aliphatic rings. The highest BCUT2D eigenvalue weighted by atomic mass is 16.7. The van der Waals surface area contributed by atoms with Crippen LogP contribution in [0.4, 0.5) is 0 Å². The van der Waals surface area contributed by atoms with Gasteiger partial charge in [-0.3, -0.25) is 0 Å². The second-order valence-corrected chi connectivity index (χ2v) is 5.57. The molecule has 18 heavy (non-hydrogen) atoms. The molecule has 0 amide bonds. The van der Waals surface area contributed by atoms with E-state index in [-0.39, 0.29) is 11.5 Å². The number of aryl methyl sites for hydroxylation is 1. The molecule has 2 rings (SSSR count). The second-order valence-electron chi connectivity index (χ2n) is 5.57. The van der Waals surface area contributed by atoms with E-state index < -0.39 is 0 Å². The van der Waals surface area contributed by atoms with Crippen LogP contribution in [-0.4, -0.2) is 13.3 Å². The van der Waals surface area contributed by atoms with Gasteiger partial charge in [0.2, 0.25) is 6.79 Å².